The molecule has 1 atom stereocenters. The summed E-state index contributed by atoms with van der Waals surface area (Å²) >= 11 is 9.24. The molecule has 1 aromatic heterocycles. The molecular formula is C13H11BrClNO. The summed E-state index contributed by atoms with van der Waals surface area (Å²) in [4.78, 5) is 4.19. The number of aliphatic hydroxyl groups excluding tert-OH is 1. The molecular weight excluding hydrogens is 302 g/mol. The quantitative estimate of drug-likeness (QED) is 0.912. The monoisotopic (exact) mass is 311 g/mol. The second kappa shape index (κ2) is 5.17. The summed E-state index contributed by atoms with van der Waals surface area (Å²) in [7, 11) is 0. The lowest BCUT2D eigenvalue weighted by Gasteiger charge is -2.13. The van der Waals surface area contributed by atoms with E-state index in [9.17, 15) is 5.11 Å². The average molecular weight is 313 g/mol. The molecule has 1 N–H and O–H groups in total. The molecule has 17 heavy (non-hydrogen) atoms. The van der Waals surface area contributed by atoms with Crippen molar-refractivity contribution in [3.63, 3.8) is 0 Å². The van der Waals surface area contributed by atoms with Gasteiger partial charge in [-0.15, -0.1) is 0 Å². The predicted molar refractivity (Wildman–Crippen MR) is 72.2 cm³/mol. The van der Waals surface area contributed by atoms with E-state index in [4.69, 9.17) is 11.6 Å². The van der Waals surface area contributed by atoms with Gasteiger partial charge in [0.15, 0.2) is 0 Å². The number of aryl methyl sites for hydroxylation is 1. The van der Waals surface area contributed by atoms with Gasteiger partial charge in [0.2, 0.25) is 0 Å². The molecule has 1 heterocycles. The fourth-order valence-electron chi connectivity index (χ4n) is 1.56. The van der Waals surface area contributed by atoms with Gasteiger partial charge in [0.05, 0.1) is 0 Å². The van der Waals surface area contributed by atoms with Crippen molar-refractivity contribution in [1.82, 2.24) is 4.98 Å². The lowest BCUT2D eigenvalue weighted by atomic mass is 10.0. The average Bonchev–Trinajstić information content (AvgIpc) is 2.29. The van der Waals surface area contributed by atoms with E-state index in [0.29, 0.717) is 5.02 Å². The van der Waals surface area contributed by atoms with Crippen LogP contribution in [0.25, 0.3) is 0 Å². The summed E-state index contributed by atoms with van der Waals surface area (Å²) in [5, 5.41) is 10.9. The molecule has 1 unspecified atom stereocenters. The van der Waals surface area contributed by atoms with Crippen molar-refractivity contribution in [2.24, 2.45) is 0 Å². The second-order valence-corrected chi connectivity index (χ2v) is 5.09. The lowest BCUT2D eigenvalue weighted by Crippen LogP contribution is -2.01. The maximum absolute atomic E-state index is 10.2. The Bertz CT molecular complexity index is 527. The molecule has 0 aliphatic rings. The Morgan fingerprint density at radius 3 is 2.53 bits per heavy atom. The first kappa shape index (κ1) is 12.6. The largest absolute Gasteiger partial charge is 0.384 e. The summed E-state index contributed by atoms with van der Waals surface area (Å²) in [5.41, 5.74) is 2.45. The molecule has 2 rings (SSSR count). The Hall–Kier alpha value is -0.900. The highest BCUT2D eigenvalue weighted by Gasteiger charge is 2.14. The SMILES string of the molecule is Cc1cc(Br)c(C(O)c2ccc(Cl)cc2)cn1. The molecule has 0 amide bonds. The van der Waals surface area contributed by atoms with Crippen LogP contribution in [0.4, 0.5) is 0 Å². The van der Waals surface area contributed by atoms with Crippen molar-refractivity contribution in [3.8, 4) is 0 Å². The van der Waals surface area contributed by atoms with Crippen LogP contribution in [0.15, 0.2) is 41.0 Å². The third-order valence-corrected chi connectivity index (χ3v) is 3.44. The highest BCUT2D eigenvalue weighted by atomic mass is 79.9. The summed E-state index contributed by atoms with van der Waals surface area (Å²) in [5.74, 6) is 0. The van der Waals surface area contributed by atoms with Gasteiger partial charge in [0.1, 0.15) is 6.10 Å². The van der Waals surface area contributed by atoms with Crippen LogP contribution in [-0.4, -0.2) is 10.1 Å². The molecule has 0 aliphatic heterocycles. The Morgan fingerprint density at radius 2 is 1.94 bits per heavy atom. The van der Waals surface area contributed by atoms with Gasteiger partial charge in [-0.2, -0.15) is 0 Å². The van der Waals surface area contributed by atoms with Crippen LogP contribution in [0, 0.1) is 6.92 Å². The highest BCUT2D eigenvalue weighted by molar-refractivity contribution is 9.10. The summed E-state index contributed by atoms with van der Waals surface area (Å²) < 4.78 is 0.854. The number of halogens is 2. The molecule has 88 valence electrons. The van der Waals surface area contributed by atoms with Gasteiger partial charge in [0.25, 0.3) is 0 Å². The molecule has 0 fully saturated rings. The van der Waals surface area contributed by atoms with E-state index in [1.807, 2.05) is 13.0 Å². The van der Waals surface area contributed by atoms with E-state index >= 15 is 0 Å². The lowest BCUT2D eigenvalue weighted by molar-refractivity contribution is 0.219. The van der Waals surface area contributed by atoms with Crippen LogP contribution in [-0.2, 0) is 0 Å². The summed E-state index contributed by atoms with van der Waals surface area (Å²) in [6.07, 6.45) is 0.980. The van der Waals surface area contributed by atoms with E-state index in [1.54, 1.807) is 30.5 Å². The predicted octanol–water partition coefficient (Wildman–Crippen LogP) is 3.89. The number of aromatic nitrogens is 1. The first-order chi connectivity index (χ1) is 8.08. The van der Waals surface area contributed by atoms with E-state index in [0.717, 1.165) is 21.3 Å². The van der Waals surface area contributed by atoms with Crippen molar-refractivity contribution in [3.05, 3.63) is 62.8 Å². The number of pyridine rings is 1. The zero-order valence-electron chi connectivity index (χ0n) is 9.19. The summed E-state index contributed by atoms with van der Waals surface area (Å²) in [6, 6.07) is 9.01. The first-order valence-corrected chi connectivity index (χ1v) is 6.30. The molecule has 2 nitrogen and oxygen atoms in total. The van der Waals surface area contributed by atoms with E-state index < -0.39 is 6.10 Å². The number of hydrogen-bond acceptors (Lipinski definition) is 2. The van der Waals surface area contributed by atoms with E-state index in [2.05, 4.69) is 20.9 Å². The van der Waals surface area contributed by atoms with Crippen LogP contribution in [0.5, 0.6) is 0 Å². The Morgan fingerprint density at radius 1 is 1.29 bits per heavy atom. The standard InChI is InChI=1S/C13H11BrClNO/c1-8-6-12(14)11(7-16-8)13(17)9-2-4-10(15)5-3-9/h2-7,13,17H,1H3. The van der Waals surface area contributed by atoms with Crippen LogP contribution in [0.2, 0.25) is 5.02 Å². The Labute approximate surface area is 113 Å². The molecule has 1 aromatic carbocycles. The van der Waals surface area contributed by atoms with Crippen LogP contribution < -0.4 is 0 Å². The molecule has 0 radical (unpaired) electrons. The zero-order valence-corrected chi connectivity index (χ0v) is 11.5. The Kier molecular flexibility index (Phi) is 3.82. The number of hydrogen-bond donors (Lipinski definition) is 1. The van der Waals surface area contributed by atoms with Gasteiger partial charge in [-0.25, -0.2) is 0 Å². The number of aliphatic hydroxyl groups is 1. The maximum Gasteiger partial charge on any atom is 0.107 e. The molecule has 4 heteroatoms. The van der Waals surface area contributed by atoms with Crippen LogP contribution in [0.3, 0.4) is 0 Å². The molecule has 2 aromatic rings. The third kappa shape index (κ3) is 2.86. The van der Waals surface area contributed by atoms with Crippen LogP contribution in [0.1, 0.15) is 22.9 Å². The van der Waals surface area contributed by atoms with Gasteiger partial charge in [0, 0.05) is 26.9 Å². The molecule has 0 saturated heterocycles. The first-order valence-electron chi connectivity index (χ1n) is 5.13. The van der Waals surface area contributed by atoms with E-state index in [-0.39, 0.29) is 0 Å². The minimum absolute atomic E-state index is 0.655. The van der Waals surface area contributed by atoms with Crippen molar-refractivity contribution in [2.45, 2.75) is 13.0 Å². The third-order valence-electron chi connectivity index (χ3n) is 2.50. The van der Waals surface area contributed by atoms with Gasteiger partial charge in [-0.1, -0.05) is 39.7 Å². The number of nitrogens with zero attached hydrogens (tertiary/aromatic N) is 1. The fourth-order valence-corrected chi connectivity index (χ4v) is 2.34. The van der Waals surface area contributed by atoms with Crippen LogP contribution >= 0.6 is 27.5 Å². The minimum Gasteiger partial charge on any atom is -0.384 e. The molecule has 0 bridgehead atoms. The zero-order chi connectivity index (χ0) is 12.4. The Balaban J connectivity index is 2.36. The van der Waals surface area contributed by atoms with Gasteiger partial charge in [-0.3, -0.25) is 4.98 Å². The van der Waals surface area contributed by atoms with Crippen molar-refractivity contribution in [2.75, 3.05) is 0 Å². The molecule has 0 aliphatic carbocycles. The topological polar surface area (TPSA) is 33.1 Å². The maximum atomic E-state index is 10.2. The van der Waals surface area contributed by atoms with Gasteiger partial charge >= 0.3 is 0 Å². The van der Waals surface area contributed by atoms with Crippen molar-refractivity contribution < 1.29 is 5.11 Å². The van der Waals surface area contributed by atoms with E-state index in [1.165, 1.54) is 0 Å². The smallest absolute Gasteiger partial charge is 0.107 e. The minimum atomic E-state index is -0.699. The molecule has 0 spiro atoms. The normalized spacial score (nSPS) is 12.5. The van der Waals surface area contributed by atoms with Gasteiger partial charge in [-0.05, 0) is 30.7 Å². The highest BCUT2D eigenvalue weighted by Crippen LogP contribution is 2.28. The van der Waals surface area contributed by atoms with Crippen molar-refractivity contribution >= 4 is 27.5 Å². The summed E-state index contributed by atoms with van der Waals surface area (Å²) in [6.45, 7) is 1.91. The number of benzene rings is 1. The number of rotatable bonds is 2. The molecule has 0 saturated carbocycles. The van der Waals surface area contributed by atoms with Gasteiger partial charge < -0.3 is 5.11 Å². The fraction of sp³-hybridized carbons (Fsp3) is 0.154. The van der Waals surface area contributed by atoms with Crippen molar-refractivity contribution in [1.29, 1.82) is 0 Å². The second-order valence-electron chi connectivity index (χ2n) is 3.80.